The Morgan fingerprint density at radius 1 is 1.73 bits per heavy atom. The number of carbonyl (C=O) groups excluding carboxylic acids is 2. The van der Waals surface area contributed by atoms with E-state index in [4.69, 9.17) is 5.11 Å². The molecule has 8 nitrogen and oxygen atoms in total. The van der Waals surface area contributed by atoms with Crippen LogP contribution in [0.2, 0.25) is 0 Å². The van der Waals surface area contributed by atoms with Crippen LogP contribution in [0.1, 0.15) is 6.92 Å². The predicted molar refractivity (Wildman–Crippen MR) is 46.6 cm³/mol. The Labute approximate surface area is 84.4 Å². The zero-order valence-corrected chi connectivity index (χ0v) is 7.84. The number of hydrogen-bond acceptors (Lipinski definition) is 5. The van der Waals surface area contributed by atoms with Gasteiger partial charge in [-0.25, -0.2) is 4.79 Å². The van der Waals surface area contributed by atoms with Crippen LogP contribution in [0.25, 0.3) is 0 Å². The van der Waals surface area contributed by atoms with Crippen molar-refractivity contribution in [1.82, 2.24) is 10.4 Å². The standard InChI is InChI=1S/C7H9N3O5/c1-2-8-15-10-3-4(6(12)13)5(11)9-7(10)14/h2,4H,3H2,1H3,(H,12,13)(H,9,11,14). The van der Waals surface area contributed by atoms with Gasteiger partial charge in [0.2, 0.25) is 5.91 Å². The maximum Gasteiger partial charge on any atom is 0.359 e. The Hall–Kier alpha value is -2.12. The first-order valence-corrected chi connectivity index (χ1v) is 4.06. The van der Waals surface area contributed by atoms with E-state index in [1.165, 1.54) is 6.21 Å². The second-order valence-electron chi connectivity index (χ2n) is 2.69. The first-order valence-electron chi connectivity index (χ1n) is 4.06. The minimum atomic E-state index is -1.34. The number of hydroxylamine groups is 2. The lowest BCUT2D eigenvalue weighted by Crippen LogP contribution is -2.55. The molecule has 1 saturated heterocycles. The Balaban J connectivity index is 2.71. The first-order chi connectivity index (χ1) is 7.06. The molecule has 15 heavy (non-hydrogen) atoms. The molecule has 1 aliphatic rings. The fourth-order valence-corrected chi connectivity index (χ4v) is 0.951. The maximum atomic E-state index is 11.1. The zero-order valence-electron chi connectivity index (χ0n) is 7.84. The monoisotopic (exact) mass is 215 g/mol. The van der Waals surface area contributed by atoms with E-state index in [-0.39, 0.29) is 6.54 Å². The van der Waals surface area contributed by atoms with Gasteiger partial charge in [-0.1, -0.05) is 5.16 Å². The molecule has 2 N–H and O–H groups in total. The molecular weight excluding hydrogens is 206 g/mol. The normalized spacial score (nSPS) is 21.7. The lowest BCUT2D eigenvalue weighted by Gasteiger charge is -2.26. The quantitative estimate of drug-likeness (QED) is 0.363. The molecule has 1 aliphatic heterocycles. The molecule has 1 unspecified atom stereocenters. The van der Waals surface area contributed by atoms with Crippen molar-refractivity contribution >= 4 is 24.1 Å². The zero-order chi connectivity index (χ0) is 11.4. The van der Waals surface area contributed by atoms with Crippen LogP contribution in [-0.2, 0) is 14.5 Å². The molecule has 0 aromatic rings. The highest BCUT2D eigenvalue weighted by Gasteiger charge is 2.38. The molecule has 82 valence electrons. The van der Waals surface area contributed by atoms with Crippen molar-refractivity contribution in [2.45, 2.75) is 6.92 Å². The van der Waals surface area contributed by atoms with Crippen molar-refractivity contribution in [3.8, 4) is 0 Å². The number of urea groups is 1. The van der Waals surface area contributed by atoms with Crippen LogP contribution in [0.4, 0.5) is 4.79 Å². The van der Waals surface area contributed by atoms with Gasteiger partial charge in [0.15, 0.2) is 5.92 Å². The fourth-order valence-electron chi connectivity index (χ4n) is 0.951. The molecule has 0 spiro atoms. The number of carboxylic acids is 1. The molecule has 0 aromatic carbocycles. The number of carbonyl (C=O) groups is 3. The van der Waals surface area contributed by atoms with Crippen LogP contribution in [0, 0.1) is 5.92 Å². The number of hydrogen-bond donors (Lipinski definition) is 2. The maximum absolute atomic E-state index is 11.1. The van der Waals surface area contributed by atoms with Crippen LogP contribution >= 0.6 is 0 Å². The third kappa shape index (κ3) is 2.42. The summed E-state index contributed by atoms with van der Waals surface area (Å²) < 4.78 is 0. The number of oxime groups is 1. The van der Waals surface area contributed by atoms with E-state index in [0.29, 0.717) is 5.06 Å². The molecule has 3 amide bonds. The number of amides is 3. The summed E-state index contributed by atoms with van der Waals surface area (Å²) in [5, 5.41) is 14.5. The van der Waals surface area contributed by atoms with Crippen LogP contribution in [0.5, 0.6) is 0 Å². The average molecular weight is 215 g/mol. The Morgan fingerprint density at radius 3 is 2.93 bits per heavy atom. The van der Waals surface area contributed by atoms with Crippen LogP contribution in [0.3, 0.4) is 0 Å². The smallest absolute Gasteiger partial charge is 0.359 e. The summed E-state index contributed by atoms with van der Waals surface area (Å²) in [6, 6.07) is -0.830. The van der Waals surface area contributed by atoms with Gasteiger partial charge in [-0.05, 0) is 6.92 Å². The minimum absolute atomic E-state index is 0.364. The number of rotatable bonds is 3. The number of nitrogens with zero attached hydrogens (tertiary/aromatic N) is 2. The highest BCUT2D eigenvalue weighted by atomic mass is 16.8. The number of aliphatic carboxylic acids is 1. The Kier molecular flexibility index (Phi) is 3.21. The van der Waals surface area contributed by atoms with Gasteiger partial charge in [-0.3, -0.25) is 19.8 Å². The molecule has 0 saturated carbocycles. The van der Waals surface area contributed by atoms with E-state index in [1.54, 1.807) is 6.92 Å². The molecule has 0 radical (unpaired) electrons. The molecule has 1 heterocycles. The Morgan fingerprint density at radius 2 is 2.40 bits per heavy atom. The molecule has 8 heteroatoms. The first kappa shape index (κ1) is 11.0. The summed E-state index contributed by atoms with van der Waals surface area (Å²) in [5.74, 6) is -3.52. The van der Waals surface area contributed by atoms with E-state index in [0.717, 1.165) is 0 Å². The number of nitrogens with one attached hydrogen (secondary N) is 1. The summed E-state index contributed by atoms with van der Waals surface area (Å²) in [5.41, 5.74) is 0. The van der Waals surface area contributed by atoms with E-state index in [9.17, 15) is 14.4 Å². The van der Waals surface area contributed by atoms with Crippen molar-refractivity contribution in [1.29, 1.82) is 0 Å². The average Bonchev–Trinajstić information content (AvgIpc) is 2.16. The van der Waals surface area contributed by atoms with Crippen molar-refractivity contribution in [3.05, 3.63) is 0 Å². The van der Waals surface area contributed by atoms with Gasteiger partial charge in [-0.2, -0.15) is 0 Å². The van der Waals surface area contributed by atoms with Crippen molar-refractivity contribution in [3.63, 3.8) is 0 Å². The molecule has 0 bridgehead atoms. The van der Waals surface area contributed by atoms with E-state index >= 15 is 0 Å². The van der Waals surface area contributed by atoms with Crippen molar-refractivity contribution in [2.24, 2.45) is 11.1 Å². The summed E-state index contributed by atoms with van der Waals surface area (Å²) in [7, 11) is 0. The third-order valence-corrected chi connectivity index (χ3v) is 1.67. The lowest BCUT2D eigenvalue weighted by molar-refractivity contribution is -0.164. The van der Waals surface area contributed by atoms with Crippen LogP contribution in [-0.4, -0.2) is 40.8 Å². The van der Waals surface area contributed by atoms with Gasteiger partial charge in [0, 0.05) is 6.21 Å². The van der Waals surface area contributed by atoms with E-state index in [2.05, 4.69) is 10.1 Å². The van der Waals surface area contributed by atoms with Gasteiger partial charge in [0.25, 0.3) is 0 Å². The van der Waals surface area contributed by atoms with Gasteiger partial charge in [0.1, 0.15) is 0 Å². The molecule has 1 atom stereocenters. The summed E-state index contributed by atoms with van der Waals surface area (Å²) in [4.78, 5) is 37.3. The molecular formula is C7H9N3O5. The van der Waals surface area contributed by atoms with Gasteiger partial charge >= 0.3 is 12.0 Å². The topological polar surface area (TPSA) is 108 Å². The Bertz CT molecular complexity index is 327. The van der Waals surface area contributed by atoms with Crippen molar-refractivity contribution < 1.29 is 24.4 Å². The molecule has 0 aromatic heterocycles. The van der Waals surface area contributed by atoms with Gasteiger partial charge in [0.05, 0.1) is 6.54 Å². The minimum Gasteiger partial charge on any atom is -0.481 e. The lowest BCUT2D eigenvalue weighted by atomic mass is 10.1. The summed E-state index contributed by atoms with van der Waals surface area (Å²) in [6.45, 7) is 1.19. The third-order valence-electron chi connectivity index (χ3n) is 1.67. The number of carboxylic acid groups (broad SMARTS) is 1. The highest BCUT2D eigenvalue weighted by Crippen LogP contribution is 2.09. The SMILES string of the molecule is CC=NON1CC(C(=O)O)C(=O)NC1=O. The second-order valence-corrected chi connectivity index (χ2v) is 2.69. The molecule has 0 aliphatic carbocycles. The molecule has 1 rings (SSSR count). The summed E-state index contributed by atoms with van der Waals surface area (Å²) >= 11 is 0. The van der Waals surface area contributed by atoms with Crippen LogP contribution < -0.4 is 5.32 Å². The largest absolute Gasteiger partial charge is 0.481 e. The van der Waals surface area contributed by atoms with Gasteiger partial charge in [-0.15, -0.1) is 5.06 Å². The predicted octanol–water partition coefficient (Wildman–Crippen LogP) is -0.824. The summed E-state index contributed by atoms with van der Waals surface area (Å²) in [6.07, 6.45) is 1.28. The van der Waals surface area contributed by atoms with Gasteiger partial charge < -0.3 is 5.11 Å². The number of imide groups is 1. The van der Waals surface area contributed by atoms with E-state index < -0.39 is 23.8 Å². The second kappa shape index (κ2) is 4.40. The fraction of sp³-hybridized carbons (Fsp3) is 0.429. The van der Waals surface area contributed by atoms with Crippen molar-refractivity contribution in [2.75, 3.05) is 6.54 Å². The highest BCUT2D eigenvalue weighted by molar-refractivity contribution is 6.06. The van der Waals surface area contributed by atoms with E-state index in [1.807, 2.05) is 5.32 Å². The van der Waals surface area contributed by atoms with Crippen LogP contribution in [0.15, 0.2) is 5.16 Å². The molecule has 1 fully saturated rings.